The van der Waals surface area contributed by atoms with Gasteiger partial charge in [-0.05, 0) is 60.4 Å². The Morgan fingerprint density at radius 3 is 2.82 bits per heavy atom. The van der Waals surface area contributed by atoms with Crippen molar-refractivity contribution in [3.05, 3.63) is 28.2 Å². The van der Waals surface area contributed by atoms with E-state index in [0.29, 0.717) is 6.10 Å². The molecule has 0 aliphatic rings. The number of nitrogens with one attached hydrogen (secondary N) is 1. The molecule has 0 spiro atoms. The molecule has 0 amide bonds. The van der Waals surface area contributed by atoms with Gasteiger partial charge in [-0.15, -0.1) is 0 Å². The molecule has 0 saturated carbocycles. The Kier molecular flexibility index (Phi) is 6.55. The zero-order chi connectivity index (χ0) is 12.7. The molecule has 0 atom stereocenters. The van der Waals surface area contributed by atoms with E-state index in [1.54, 1.807) is 6.07 Å². The predicted octanol–water partition coefficient (Wildman–Crippen LogP) is 3.06. The van der Waals surface area contributed by atoms with Crippen molar-refractivity contribution in [1.82, 2.24) is 5.32 Å². The largest absolute Gasteiger partial charge is 0.507 e. The van der Waals surface area contributed by atoms with E-state index in [4.69, 9.17) is 4.74 Å². The number of phenolic OH excluding ortho intramolecular Hbond substituents is 1. The smallest absolute Gasteiger partial charge is 0.129 e. The summed E-state index contributed by atoms with van der Waals surface area (Å²) in [6, 6.07) is 5.54. The van der Waals surface area contributed by atoms with E-state index in [2.05, 4.69) is 21.2 Å². The number of hydrogen-bond acceptors (Lipinski definition) is 3. The molecule has 1 aromatic carbocycles. The minimum Gasteiger partial charge on any atom is -0.507 e. The molecular weight excluding hydrogens is 282 g/mol. The molecule has 3 nitrogen and oxygen atoms in total. The summed E-state index contributed by atoms with van der Waals surface area (Å²) in [6.07, 6.45) is 1.32. The third-order valence-corrected chi connectivity index (χ3v) is 2.93. The summed E-state index contributed by atoms with van der Waals surface area (Å²) in [7, 11) is 0. The number of benzene rings is 1. The summed E-state index contributed by atoms with van der Waals surface area (Å²) in [4.78, 5) is 0. The van der Waals surface area contributed by atoms with Gasteiger partial charge in [0.05, 0.1) is 10.6 Å². The second-order valence-corrected chi connectivity index (χ2v) is 5.09. The minimum atomic E-state index is 0.277. The van der Waals surface area contributed by atoms with Crippen LogP contribution in [0.3, 0.4) is 0 Å². The van der Waals surface area contributed by atoms with Crippen molar-refractivity contribution in [3.8, 4) is 5.75 Å². The molecule has 96 valence electrons. The lowest BCUT2D eigenvalue weighted by atomic mass is 10.2. The van der Waals surface area contributed by atoms with Crippen molar-refractivity contribution < 1.29 is 9.84 Å². The van der Waals surface area contributed by atoms with Crippen LogP contribution in [-0.4, -0.2) is 24.4 Å². The molecule has 0 aliphatic carbocycles. The van der Waals surface area contributed by atoms with Crippen LogP contribution < -0.4 is 5.32 Å². The molecule has 0 unspecified atom stereocenters. The van der Waals surface area contributed by atoms with Crippen LogP contribution in [-0.2, 0) is 11.3 Å². The highest BCUT2D eigenvalue weighted by Gasteiger charge is 1.99. The molecule has 17 heavy (non-hydrogen) atoms. The molecule has 0 heterocycles. The first-order chi connectivity index (χ1) is 8.09. The Morgan fingerprint density at radius 1 is 1.41 bits per heavy atom. The predicted molar refractivity (Wildman–Crippen MR) is 73.2 cm³/mol. The third kappa shape index (κ3) is 6.05. The average molecular weight is 302 g/mol. The first-order valence-corrected chi connectivity index (χ1v) is 6.68. The second-order valence-electron chi connectivity index (χ2n) is 4.24. The zero-order valence-corrected chi connectivity index (χ0v) is 12.0. The normalized spacial score (nSPS) is 11.1. The van der Waals surface area contributed by atoms with Gasteiger partial charge in [0.25, 0.3) is 0 Å². The molecule has 1 aromatic rings. The lowest BCUT2D eigenvalue weighted by Gasteiger charge is -2.08. The summed E-state index contributed by atoms with van der Waals surface area (Å²) >= 11 is 3.30. The summed E-state index contributed by atoms with van der Waals surface area (Å²) in [5.41, 5.74) is 1.15. The van der Waals surface area contributed by atoms with Crippen LogP contribution in [0.25, 0.3) is 0 Å². The number of aromatic hydroxyl groups is 1. The van der Waals surface area contributed by atoms with Gasteiger partial charge in [0.15, 0.2) is 0 Å². The molecule has 1 rings (SSSR count). The fourth-order valence-corrected chi connectivity index (χ4v) is 1.84. The number of hydrogen-bond donors (Lipinski definition) is 2. The van der Waals surface area contributed by atoms with Crippen molar-refractivity contribution >= 4 is 15.9 Å². The van der Waals surface area contributed by atoms with Gasteiger partial charge in [-0.3, -0.25) is 0 Å². The molecule has 0 bridgehead atoms. The number of phenols is 1. The highest BCUT2D eigenvalue weighted by Crippen LogP contribution is 2.24. The fraction of sp³-hybridized carbons (Fsp3) is 0.538. The quantitative estimate of drug-likeness (QED) is 0.761. The lowest BCUT2D eigenvalue weighted by molar-refractivity contribution is 0.0770. The van der Waals surface area contributed by atoms with E-state index >= 15 is 0 Å². The molecule has 0 fully saturated rings. The van der Waals surface area contributed by atoms with Gasteiger partial charge in [0.1, 0.15) is 5.75 Å². The molecule has 0 saturated heterocycles. The van der Waals surface area contributed by atoms with E-state index in [0.717, 1.165) is 36.2 Å². The van der Waals surface area contributed by atoms with Crippen LogP contribution in [0.2, 0.25) is 0 Å². The van der Waals surface area contributed by atoms with E-state index in [9.17, 15) is 5.11 Å². The standard InChI is InChI=1S/C13H20BrNO2/c1-10(2)17-7-3-6-15-9-11-4-5-13(16)12(14)8-11/h4-5,8,10,15-16H,3,6-7,9H2,1-2H3. The molecule has 2 N–H and O–H groups in total. The van der Waals surface area contributed by atoms with Crippen molar-refractivity contribution in [3.63, 3.8) is 0 Å². The number of ether oxygens (including phenoxy) is 1. The van der Waals surface area contributed by atoms with Gasteiger partial charge in [0.2, 0.25) is 0 Å². The maximum absolute atomic E-state index is 9.35. The van der Waals surface area contributed by atoms with Crippen molar-refractivity contribution in [2.75, 3.05) is 13.2 Å². The first kappa shape index (κ1) is 14.5. The highest BCUT2D eigenvalue weighted by molar-refractivity contribution is 9.10. The molecule has 0 aliphatic heterocycles. The van der Waals surface area contributed by atoms with Gasteiger partial charge < -0.3 is 15.2 Å². The molecule has 0 radical (unpaired) electrons. The molecular formula is C13H20BrNO2. The van der Waals surface area contributed by atoms with Crippen LogP contribution >= 0.6 is 15.9 Å². The van der Waals surface area contributed by atoms with Crippen molar-refractivity contribution in [2.24, 2.45) is 0 Å². The Bertz CT molecular complexity index is 342. The molecule has 4 heteroatoms. The minimum absolute atomic E-state index is 0.277. The van der Waals surface area contributed by atoms with Gasteiger partial charge >= 0.3 is 0 Å². The molecule has 0 aromatic heterocycles. The maximum Gasteiger partial charge on any atom is 0.129 e. The van der Waals surface area contributed by atoms with Crippen LogP contribution in [0, 0.1) is 0 Å². The van der Waals surface area contributed by atoms with E-state index in [1.165, 1.54) is 0 Å². The number of halogens is 1. The van der Waals surface area contributed by atoms with E-state index in [1.807, 2.05) is 26.0 Å². The highest BCUT2D eigenvalue weighted by atomic mass is 79.9. The first-order valence-electron chi connectivity index (χ1n) is 5.89. The van der Waals surface area contributed by atoms with Gasteiger partial charge in [0, 0.05) is 13.2 Å². The van der Waals surface area contributed by atoms with Gasteiger partial charge in [-0.25, -0.2) is 0 Å². The van der Waals surface area contributed by atoms with Crippen LogP contribution in [0.15, 0.2) is 22.7 Å². The number of rotatable bonds is 7. The zero-order valence-electron chi connectivity index (χ0n) is 10.4. The fourth-order valence-electron chi connectivity index (χ4n) is 1.41. The SMILES string of the molecule is CC(C)OCCCNCc1ccc(O)c(Br)c1. The van der Waals surface area contributed by atoms with Gasteiger partial charge in [-0.2, -0.15) is 0 Å². The van der Waals surface area contributed by atoms with Crippen LogP contribution in [0.4, 0.5) is 0 Å². The summed E-state index contributed by atoms with van der Waals surface area (Å²) in [5.74, 6) is 0.277. The Hall–Kier alpha value is -0.580. The van der Waals surface area contributed by atoms with E-state index < -0.39 is 0 Å². The Balaban J connectivity index is 2.16. The van der Waals surface area contributed by atoms with Gasteiger partial charge in [-0.1, -0.05) is 6.07 Å². The maximum atomic E-state index is 9.35. The van der Waals surface area contributed by atoms with Crippen molar-refractivity contribution in [2.45, 2.75) is 32.9 Å². The lowest BCUT2D eigenvalue weighted by Crippen LogP contribution is -2.17. The topological polar surface area (TPSA) is 41.5 Å². The van der Waals surface area contributed by atoms with E-state index in [-0.39, 0.29) is 5.75 Å². The Labute approximate surface area is 111 Å². The summed E-state index contributed by atoms with van der Waals surface area (Å²) in [6.45, 7) is 6.62. The summed E-state index contributed by atoms with van der Waals surface area (Å²) in [5, 5.41) is 12.7. The second kappa shape index (κ2) is 7.69. The third-order valence-electron chi connectivity index (χ3n) is 2.29. The average Bonchev–Trinajstić information content (AvgIpc) is 2.27. The van der Waals surface area contributed by atoms with Crippen LogP contribution in [0.5, 0.6) is 5.75 Å². The Morgan fingerprint density at radius 2 is 2.18 bits per heavy atom. The van der Waals surface area contributed by atoms with Crippen LogP contribution in [0.1, 0.15) is 25.8 Å². The monoisotopic (exact) mass is 301 g/mol. The van der Waals surface area contributed by atoms with Crippen molar-refractivity contribution in [1.29, 1.82) is 0 Å². The summed E-state index contributed by atoms with van der Waals surface area (Å²) < 4.78 is 6.18.